The Labute approximate surface area is 169 Å². The van der Waals surface area contributed by atoms with E-state index in [-0.39, 0.29) is 34.3 Å². The number of methoxy groups -OCH3 is 2. The largest absolute Gasteiger partial charge is 0.496 e. The van der Waals surface area contributed by atoms with Gasteiger partial charge in [-0.05, 0) is 32.4 Å². The number of ether oxygens (including phenoxy) is 3. The van der Waals surface area contributed by atoms with Gasteiger partial charge in [-0.3, -0.25) is 4.79 Å². The zero-order valence-corrected chi connectivity index (χ0v) is 18.0. The number of sulfone groups is 1. The van der Waals surface area contributed by atoms with E-state index in [0.717, 1.165) is 6.26 Å². The van der Waals surface area contributed by atoms with Gasteiger partial charge in [-0.25, -0.2) is 17.9 Å². The minimum Gasteiger partial charge on any atom is -0.496 e. The summed E-state index contributed by atoms with van der Waals surface area (Å²) in [5.41, 5.74) is 1.07. The van der Waals surface area contributed by atoms with E-state index in [1.807, 2.05) is 6.92 Å². The predicted molar refractivity (Wildman–Crippen MR) is 104 cm³/mol. The molecule has 1 aromatic carbocycles. The summed E-state index contributed by atoms with van der Waals surface area (Å²) in [4.78, 5) is 24.8. The van der Waals surface area contributed by atoms with Crippen LogP contribution in [0.3, 0.4) is 0 Å². The molecule has 0 aliphatic carbocycles. The van der Waals surface area contributed by atoms with Crippen molar-refractivity contribution in [3.63, 3.8) is 0 Å². The van der Waals surface area contributed by atoms with Crippen molar-refractivity contribution in [2.24, 2.45) is 0 Å². The molecule has 0 spiro atoms. The summed E-state index contributed by atoms with van der Waals surface area (Å²) in [7, 11) is -0.920. The summed E-state index contributed by atoms with van der Waals surface area (Å²) >= 11 is 0. The molecule has 2 aromatic rings. The van der Waals surface area contributed by atoms with E-state index in [0.29, 0.717) is 17.7 Å². The molecule has 0 fully saturated rings. The molecule has 0 saturated heterocycles. The predicted octanol–water partition coefficient (Wildman–Crippen LogP) is 1.71. The van der Waals surface area contributed by atoms with Crippen LogP contribution in [0.1, 0.15) is 34.0 Å². The molecule has 0 radical (unpaired) electrons. The van der Waals surface area contributed by atoms with Gasteiger partial charge in [0.25, 0.3) is 0 Å². The first kappa shape index (κ1) is 22.4. The SMILES string of the molecule is CCn1ncc(C(=O)c2cc(C)c(S(C)(=O)=O)c(C)c2OC)c1OCC(=O)OC. The van der Waals surface area contributed by atoms with Gasteiger partial charge in [-0.1, -0.05) is 0 Å². The third kappa shape index (κ3) is 4.42. The van der Waals surface area contributed by atoms with Gasteiger partial charge in [0.15, 0.2) is 16.4 Å². The second-order valence-corrected chi connectivity index (χ2v) is 8.33. The summed E-state index contributed by atoms with van der Waals surface area (Å²) in [5, 5.41) is 4.12. The average Bonchev–Trinajstić information content (AvgIpc) is 3.06. The Hall–Kier alpha value is -2.88. The zero-order valence-electron chi connectivity index (χ0n) is 17.2. The van der Waals surface area contributed by atoms with Gasteiger partial charge in [-0.2, -0.15) is 5.10 Å². The van der Waals surface area contributed by atoms with Crippen molar-refractivity contribution in [3.05, 3.63) is 34.5 Å². The number of hydrogen-bond acceptors (Lipinski definition) is 8. The number of aryl methyl sites for hydroxylation is 2. The van der Waals surface area contributed by atoms with E-state index < -0.39 is 21.6 Å². The Balaban J connectivity index is 2.61. The van der Waals surface area contributed by atoms with Crippen molar-refractivity contribution < 1.29 is 32.2 Å². The van der Waals surface area contributed by atoms with Crippen LogP contribution < -0.4 is 9.47 Å². The molecule has 0 aliphatic rings. The van der Waals surface area contributed by atoms with Crippen LogP contribution in [-0.2, 0) is 25.9 Å². The van der Waals surface area contributed by atoms with Crippen molar-refractivity contribution in [2.45, 2.75) is 32.2 Å². The molecule has 0 aliphatic heterocycles. The number of rotatable bonds is 8. The van der Waals surface area contributed by atoms with E-state index in [1.165, 1.54) is 31.2 Å². The van der Waals surface area contributed by atoms with Crippen LogP contribution >= 0.6 is 0 Å². The van der Waals surface area contributed by atoms with Gasteiger partial charge in [0.1, 0.15) is 11.3 Å². The summed E-state index contributed by atoms with van der Waals surface area (Å²) < 4.78 is 41.1. The van der Waals surface area contributed by atoms with Crippen molar-refractivity contribution in [1.82, 2.24) is 9.78 Å². The average molecular weight is 424 g/mol. The molecule has 1 aromatic heterocycles. The van der Waals surface area contributed by atoms with Gasteiger partial charge < -0.3 is 14.2 Å². The smallest absolute Gasteiger partial charge is 0.343 e. The van der Waals surface area contributed by atoms with E-state index >= 15 is 0 Å². The monoisotopic (exact) mass is 424 g/mol. The van der Waals surface area contributed by atoms with Gasteiger partial charge in [0.2, 0.25) is 11.7 Å². The van der Waals surface area contributed by atoms with Crippen molar-refractivity contribution in [2.75, 3.05) is 27.1 Å². The Morgan fingerprint density at radius 3 is 2.34 bits per heavy atom. The van der Waals surface area contributed by atoms with Gasteiger partial charge in [-0.15, -0.1) is 0 Å². The van der Waals surface area contributed by atoms with Crippen LogP contribution in [0.4, 0.5) is 0 Å². The third-order valence-electron chi connectivity index (χ3n) is 4.35. The quantitative estimate of drug-likeness (QED) is 0.465. The number of nitrogens with zero attached hydrogens (tertiary/aromatic N) is 2. The van der Waals surface area contributed by atoms with Crippen LogP contribution in [0.25, 0.3) is 0 Å². The van der Waals surface area contributed by atoms with Crippen LogP contribution in [0.15, 0.2) is 17.2 Å². The van der Waals surface area contributed by atoms with E-state index in [4.69, 9.17) is 9.47 Å². The minimum absolute atomic E-state index is 0.118. The number of ketones is 1. The van der Waals surface area contributed by atoms with Crippen LogP contribution in [-0.4, -0.2) is 57.0 Å². The number of benzene rings is 1. The molecule has 158 valence electrons. The lowest BCUT2D eigenvalue weighted by Gasteiger charge is -2.16. The zero-order chi connectivity index (χ0) is 21.9. The number of hydrogen-bond donors (Lipinski definition) is 0. The number of carbonyl (C=O) groups is 2. The molecule has 0 amide bonds. The maximum Gasteiger partial charge on any atom is 0.343 e. The van der Waals surface area contributed by atoms with Crippen LogP contribution in [0.2, 0.25) is 0 Å². The second kappa shape index (κ2) is 8.64. The highest BCUT2D eigenvalue weighted by atomic mass is 32.2. The molecule has 1 heterocycles. The fourth-order valence-corrected chi connectivity index (χ4v) is 4.48. The normalized spacial score (nSPS) is 11.2. The van der Waals surface area contributed by atoms with Crippen molar-refractivity contribution in [1.29, 1.82) is 0 Å². The highest BCUT2D eigenvalue weighted by molar-refractivity contribution is 7.90. The minimum atomic E-state index is -3.52. The lowest BCUT2D eigenvalue weighted by Crippen LogP contribution is -2.17. The topological polar surface area (TPSA) is 114 Å². The first-order valence-electron chi connectivity index (χ1n) is 8.75. The lowest BCUT2D eigenvalue weighted by atomic mass is 9.99. The van der Waals surface area contributed by atoms with Crippen molar-refractivity contribution in [3.8, 4) is 11.6 Å². The van der Waals surface area contributed by atoms with Crippen LogP contribution in [0, 0.1) is 13.8 Å². The highest BCUT2D eigenvalue weighted by Gasteiger charge is 2.28. The fraction of sp³-hybridized carbons (Fsp3) is 0.421. The standard InChI is InChI=1S/C19H24N2O7S/c1-7-21-19(28-10-15(22)26-4)14(9-20-21)16(23)13-8-11(2)18(29(6,24)25)12(3)17(13)27-5/h8-9H,7,10H2,1-6H3. The fourth-order valence-electron chi connectivity index (χ4n) is 3.19. The highest BCUT2D eigenvalue weighted by Crippen LogP contribution is 2.35. The molecule has 10 heteroatoms. The first-order chi connectivity index (χ1) is 13.6. The molecule has 2 rings (SSSR count). The second-order valence-electron chi connectivity index (χ2n) is 6.37. The molecule has 0 bridgehead atoms. The van der Waals surface area contributed by atoms with E-state index in [9.17, 15) is 18.0 Å². The van der Waals surface area contributed by atoms with Gasteiger partial charge in [0.05, 0.1) is 30.9 Å². The van der Waals surface area contributed by atoms with Crippen molar-refractivity contribution >= 4 is 21.6 Å². The lowest BCUT2D eigenvalue weighted by molar-refractivity contribution is -0.143. The Bertz CT molecular complexity index is 1050. The molecular weight excluding hydrogens is 400 g/mol. The molecule has 9 nitrogen and oxygen atoms in total. The molecule has 0 unspecified atom stereocenters. The van der Waals surface area contributed by atoms with Crippen LogP contribution in [0.5, 0.6) is 11.6 Å². The molecule has 29 heavy (non-hydrogen) atoms. The maximum atomic E-state index is 13.3. The van der Waals surface area contributed by atoms with Gasteiger partial charge in [0, 0.05) is 18.4 Å². The molecular formula is C19H24N2O7S. The van der Waals surface area contributed by atoms with Gasteiger partial charge >= 0.3 is 5.97 Å². The third-order valence-corrected chi connectivity index (χ3v) is 5.72. The maximum absolute atomic E-state index is 13.3. The number of carbonyl (C=O) groups excluding carboxylic acids is 2. The van der Waals surface area contributed by atoms with E-state index in [1.54, 1.807) is 13.8 Å². The Kier molecular flexibility index (Phi) is 6.68. The summed E-state index contributed by atoms with van der Waals surface area (Å²) in [6.45, 7) is 5.03. The first-order valence-corrected chi connectivity index (χ1v) is 10.6. The Morgan fingerprint density at radius 2 is 1.83 bits per heavy atom. The molecule has 0 saturated carbocycles. The Morgan fingerprint density at radius 1 is 1.17 bits per heavy atom. The molecule has 0 atom stereocenters. The summed E-state index contributed by atoms with van der Waals surface area (Å²) in [6, 6.07) is 1.47. The molecule has 0 N–H and O–H groups in total. The summed E-state index contributed by atoms with van der Waals surface area (Å²) in [5.74, 6) is -0.793. The van der Waals surface area contributed by atoms with E-state index in [2.05, 4.69) is 9.84 Å². The number of aromatic nitrogens is 2. The summed E-state index contributed by atoms with van der Waals surface area (Å²) in [6.07, 6.45) is 2.44. The number of esters is 1.